The smallest absolute Gasteiger partial charge is 0.247 e. The summed E-state index contributed by atoms with van der Waals surface area (Å²) in [7, 11) is 0. The third-order valence-electron chi connectivity index (χ3n) is 4.81. The summed E-state index contributed by atoms with van der Waals surface area (Å²) < 4.78 is 13.4. The SMILES string of the molecule is Cc1nn(-c2ccc(C#N)c(Cl)c2)c(C)c1Oc1ccc(-c2nnc(C(C)(C)O)o2)cc1. The highest BCUT2D eigenvalue weighted by Crippen LogP contribution is 2.32. The van der Waals surface area contributed by atoms with Crippen molar-refractivity contribution in [2.45, 2.75) is 33.3 Å². The summed E-state index contributed by atoms with van der Waals surface area (Å²) in [5.41, 5.74) is 2.14. The molecule has 2 aromatic carbocycles. The summed E-state index contributed by atoms with van der Waals surface area (Å²) in [4.78, 5) is 0. The predicted molar refractivity (Wildman–Crippen MR) is 118 cm³/mol. The lowest BCUT2D eigenvalue weighted by atomic mass is 10.1. The van der Waals surface area contributed by atoms with Gasteiger partial charge in [-0.25, -0.2) is 4.68 Å². The molecule has 0 aliphatic rings. The summed E-state index contributed by atoms with van der Waals surface area (Å²) in [5, 5.41) is 31.9. The highest BCUT2D eigenvalue weighted by atomic mass is 35.5. The first-order valence-electron chi connectivity index (χ1n) is 9.78. The molecule has 4 rings (SSSR count). The Morgan fingerprint density at radius 1 is 1.12 bits per heavy atom. The van der Waals surface area contributed by atoms with Crippen LogP contribution in [0.3, 0.4) is 0 Å². The molecule has 9 heteroatoms. The van der Waals surface area contributed by atoms with E-state index in [9.17, 15) is 5.11 Å². The normalized spacial score (nSPS) is 11.4. The lowest BCUT2D eigenvalue weighted by molar-refractivity contribution is 0.0488. The second-order valence-corrected chi connectivity index (χ2v) is 8.19. The molecule has 0 unspecified atom stereocenters. The molecular formula is C23H20ClN5O3. The van der Waals surface area contributed by atoms with Crippen molar-refractivity contribution < 1.29 is 14.3 Å². The largest absolute Gasteiger partial charge is 0.453 e. The molecule has 0 radical (unpaired) electrons. The molecule has 2 aromatic heterocycles. The van der Waals surface area contributed by atoms with Crippen LogP contribution in [-0.2, 0) is 5.60 Å². The predicted octanol–water partition coefficient (Wildman–Crippen LogP) is 5.08. The van der Waals surface area contributed by atoms with Gasteiger partial charge in [-0.3, -0.25) is 0 Å². The fraction of sp³-hybridized carbons (Fsp3) is 0.217. The molecule has 0 saturated heterocycles. The van der Waals surface area contributed by atoms with Crippen LogP contribution in [0.15, 0.2) is 46.9 Å². The average molecular weight is 450 g/mol. The van der Waals surface area contributed by atoms with Crippen molar-refractivity contribution in [2.24, 2.45) is 0 Å². The lowest BCUT2D eigenvalue weighted by Crippen LogP contribution is -2.15. The summed E-state index contributed by atoms with van der Waals surface area (Å²) in [5.74, 6) is 1.70. The maximum atomic E-state index is 9.99. The molecule has 0 aliphatic carbocycles. The second-order valence-electron chi connectivity index (χ2n) is 7.79. The van der Waals surface area contributed by atoms with Gasteiger partial charge in [0.05, 0.1) is 22.0 Å². The van der Waals surface area contributed by atoms with Crippen molar-refractivity contribution in [3.63, 3.8) is 0 Å². The monoisotopic (exact) mass is 449 g/mol. The van der Waals surface area contributed by atoms with E-state index >= 15 is 0 Å². The number of benzene rings is 2. The van der Waals surface area contributed by atoms with Gasteiger partial charge in [0.15, 0.2) is 5.75 Å². The van der Waals surface area contributed by atoms with Crippen molar-refractivity contribution >= 4 is 11.6 Å². The average Bonchev–Trinajstić information content (AvgIpc) is 3.35. The highest BCUT2D eigenvalue weighted by molar-refractivity contribution is 6.31. The molecule has 0 atom stereocenters. The van der Waals surface area contributed by atoms with Gasteiger partial charge < -0.3 is 14.3 Å². The Morgan fingerprint density at radius 2 is 1.84 bits per heavy atom. The maximum absolute atomic E-state index is 9.99. The van der Waals surface area contributed by atoms with Crippen LogP contribution in [0.4, 0.5) is 0 Å². The summed E-state index contributed by atoms with van der Waals surface area (Å²) >= 11 is 6.17. The van der Waals surface area contributed by atoms with Crippen LogP contribution in [0.1, 0.15) is 36.7 Å². The second kappa shape index (κ2) is 8.11. The molecule has 0 saturated carbocycles. The molecule has 4 aromatic rings. The van der Waals surface area contributed by atoms with E-state index in [4.69, 9.17) is 26.0 Å². The quantitative estimate of drug-likeness (QED) is 0.452. The van der Waals surface area contributed by atoms with E-state index in [0.717, 1.165) is 11.4 Å². The maximum Gasteiger partial charge on any atom is 0.247 e. The van der Waals surface area contributed by atoms with E-state index < -0.39 is 5.60 Å². The lowest BCUT2D eigenvalue weighted by Gasteiger charge is -2.10. The van der Waals surface area contributed by atoms with Crippen molar-refractivity contribution in [3.05, 3.63) is 70.3 Å². The van der Waals surface area contributed by atoms with Crippen molar-refractivity contribution in [3.8, 4) is 34.7 Å². The summed E-state index contributed by atoms with van der Waals surface area (Å²) in [6.45, 7) is 6.91. The first kappa shape index (κ1) is 21.6. The van der Waals surface area contributed by atoms with Gasteiger partial charge in [0.2, 0.25) is 11.8 Å². The number of nitrogens with zero attached hydrogens (tertiary/aromatic N) is 5. The van der Waals surface area contributed by atoms with Gasteiger partial charge in [0, 0.05) is 5.56 Å². The molecule has 2 heterocycles. The fourth-order valence-electron chi connectivity index (χ4n) is 3.12. The first-order chi connectivity index (χ1) is 15.2. The van der Waals surface area contributed by atoms with Crippen LogP contribution in [0.5, 0.6) is 11.5 Å². The van der Waals surface area contributed by atoms with E-state index in [1.165, 1.54) is 0 Å². The zero-order chi connectivity index (χ0) is 23.0. The fourth-order valence-corrected chi connectivity index (χ4v) is 3.34. The molecule has 162 valence electrons. The van der Waals surface area contributed by atoms with Crippen LogP contribution >= 0.6 is 11.6 Å². The van der Waals surface area contributed by atoms with Crippen LogP contribution in [-0.4, -0.2) is 25.1 Å². The Hall–Kier alpha value is -3.67. The molecule has 0 spiro atoms. The van der Waals surface area contributed by atoms with Crippen LogP contribution < -0.4 is 4.74 Å². The minimum Gasteiger partial charge on any atom is -0.453 e. The van der Waals surface area contributed by atoms with Gasteiger partial charge in [-0.15, -0.1) is 10.2 Å². The third-order valence-corrected chi connectivity index (χ3v) is 5.12. The van der Waals surface area contributed by atoms with Gasteiger partial charge in [0.25, 0.3) is 0 Å². The highest BCUT2D eigenvalue weighted by Gasteiger charge is 2.24. The van der Waals surface area contributed by atoms with E-state index in [0.29, 0.717) is 39.2 Å². The summed E-state index contributed by atoms with van der Waals surface area (Å²) in [6, 6.07) is 14.4. The number of aromatic nitrogens is 4. The Bertz CT molecular complexity index is 1330. The Morgan fingerprint density at radius 3 is 2.44 bits per heavy atom. The molecule has 8 nitrogen and oxygen atoms in total. The standard InChI is InChI=1S/C23H20ClN5O3/c1-13-20(14(2)29(28-13)17-8-5-16(12-25)19(24)11-17)31-18-9-6-15(7-10-18)21-26-27-22(32-21)23(3,4)30/h5-11,30H,1-4H3. The van der Waals surface area contributed by atoms with Gasteiger partial charge in [-0.05, 0) is 70.2 Å². The molecule has 1 N–H and O–H groups in total. The number of aryl methyl sites for hydroxylation is 1. The van der Waals surface area contributed by atoms with Crippen LogP contribution in [0.25, 0.3) is 17.1 Å². The molecule has 0 fully saturated rings. The van der Waals surface area contributed by atoms with E-state index in [2.05, 4.69) is 15.3 Å². The topological polar surface area (TPSA) is 110 Å². The number of hydrogen-bond acceptors (Lipinski definition) is 7. The molecule has 0 bridgehead atoms. The third kappa shape index (κ3) is 4.08. The van der Waals surface area contributed by atoms with Crippen LogP contribution in [0, 0.1) is 25.2 Å². The summed E-state index contributed by atoms with van der Waals surface area (Å²) in [6.07, 6.45) is 0. The number of rotatable bonds is 5. The van der Waals surface area contributed by atoms with Crippen LogP contribution in [0.2, 0.25) is 5.02 Å². The van der Waals surface area contributed by atoms with Gasteiger partial charge in [0.1, 0.15) is 23.1 Å². The molecule has 0 aliphatic heterocycles. The molecular weight excluding hydrogens is 430 g/mol. The van der Waals surface area contributed by atoms with Gasteiger partial charge in [-0.1, -0.05) is 11.6 Å². The zero-order valence-electron chi connectivity index (χ0n) is 17.9. The number of hydrogen-bond donors (Lipinski definition) is 1. The zero-order valence-corrected chi connectivity index (χ0v) is 18.7. The van der Waals surface area contributed by atoms with E-state index in [1.54, 1.807) is 61.0 Å². The number of halogens is 1. The Labute approximate surface area is 189 Å². The number of aliphatic hydroxyl groups is 1. The van der Waals surface area contributed by atoms with Gasteiger partial charge >= 0.3 is 0 Å². The molecule has 0 amide bonds. The Balaban J connectivity index is 1.58. The minimum atomic E-state index is -1.21. The van der Waals surface area contributed by atoms with Crippen molar-refractivity contribution in [2.75, 3.05) is 0 Å². The Kier molecular flexibility index (Phi) is 5.46. The number of nitriles is 1. The number of ether oxygens (including phenoxy) is 1. The first-order valence-corrected chi connectivity index (χ1v) is 10.2. The van der Waals surface area contributed by atoms with E-state index in [1.807, 2.05) is 19.9 Å². The molecule has 32 heavy (non-hydrogen) atoms. The van der Waals surface area contributed by atoms with Gasteiger partial charge in [-0.2, -0.15) is 10.4 Å². The van der Waals surface area contributed by atoms with Crippen molar-refractivity contribution in [1.29, 1.82) is 5.26 Å². The van der Waals surface area contributed by atoms with Crippen molar-refractivity contribution in [1.82, 2.24) is 20.0 Å². The van der Waals surface area contributed by atoms with E-state index in [-0.39, 0.29) is 5.89 Å². The minimum absolute atomic E-state index is 0.148.